The predicted octanol–water partition coefficient (Wildman–Crippen LogP) is 1.93. The first-order valence-corrected chi connectivity index (χ1v) is 10.2. The average Bonchev–Trinajstić information content (AvgIpc) is 2.71. The van der Waals surface area contributed by atoms with Crippen LogP contribution in [0.2, 0.25) is 0 Å². The Morgan fingerprint density at radius 2 is 1.93 bits per heavy atom. The second-order valence-electron chi connectivity index (χ2n) is 6.04. The minimum absolute atomic E-state index is 0.0586. The van der Waals surface area contributed by atoms with Crippen molar-refractivity contribution in [2.75, 3.05) is 23.7 Å². The van der Waals surface area contributed by atoms with Crippen LogP contribution in [-0.2, 0) is 21.4 Å². The van der Waals surface area contributed by atoms with Crippen LogP contribution in [0, 0.1) is 0 Å². The first-order chi connectivity index (χ1) is 13.0. The number of rotatable bonds is 6. The molecule has 1 heterocycles. The molecule has 0 spiro atoms. The summed E-state index contributed by atoms with van der Waals surface area (Å²) >= 11 is 0. The van der Waals surface area contributed by atoms with Gasteiger partial charge < -0.3 is 14.8 Å². The first-order valence-electron chi connectivity index (χ1n) is 8.62. The van der Waals surface area contributed by atoms with Crippen LogP contribution in [0.15, 0.2) is 48.5 Å². The molecule has 0 fully saturated rings. The number of anilines is 1. The molecule has 2 aromatic rings. The Morgan fingerprint density at radius 3 is 2.67 bits per heavy atom. The van der Waals surface area contributed by atoms with Gasteiger partial charge in [-0.25, -0.2) is 8.42 Å². The molecule has 0 radical (unpaired) electrons. The molecule has 0 saturated carbocycles. The van der Waals surface area contributed by atoms with Crippen LogP contribution < -0.4 is 19.1 Å². The molecule has 144 valence electrons. The number of methoxy groups -OCH3 is 1. The van der Waals surface area contributed by atoms with Crippen LogP contribution in [0.4, 0.5) is 5.69 Å². The molecule has 2 aromatic carbocycles. The summed E-state index contributed by atoms with van der Waals surface area (Å²) in [6.45, 7) is 1.76. The lowest BCUT2D eigenvalue weighted by Crippen LogP contribution is -2.50. The van der Waals surface area contributed by atoms with Crippen molar-refractivity contribution in [2.45, 2.75) is 19.6 Å². The quantitative estimate of drug-likeness (QED) is 0.815. The molecule has 8 heteroatoms. The molecule has 1 amide bonds. The van der Waals surface area contributed by atoms with Gasteiger partial charge in [-0.15, -0.1) is 0 Å². The summed E-state index contributed by atoms with van der Waals surface area (Å²) < 4.78 is 37.2. The van der Waals surface area contributed by atoms with Crippen LogP contribution in [0.3, 0.4) is 0 Å². The number of fused-ring (bicyclic) bond motifs is 1. The maximum absolute atomic E-state index is 12.6. The Hall–Kier alpha value is -2.74. The molecule has 0 saturated heterocycles. The van der Waals surface area contributed by atoms with Crippen molar-refractivity contribution in [3.8, 4) is 11.5 Å². The number of sulfonamides is 1. The zero-order chi connectivity index (χ0) is 19.4. The van der Waals surface area contributed by atoms with E-state index in [0.29, 0.717) is 17.2 Å². The molecule has 1 atom stereocenters. The summed E-state index contributed by atoms with van der Waals surface area (Å²) in [5.74, 6) is 0.601. The normalized spacial score (nSPS) is 16.2. The highest BCUT2D eigenvalue weighted by atomic mass is 32.2. The smallest absolute Gasteiger partial charge is 0.263 e. The summed E-state index contributed by atoms with van der Waals surface area (Å²) in [5, 5.41) is 2.80. The fourth-order valence-electron chi connectivity index (χ4n) is 2.90. The van der Waals surface area contributed by atoms with E-state index in [0.717, 1.165) is 5.56 Å². The third-order valence-electron chi connectivity index (χ3n) is 4.37. The third kappa shape index (κ3) is 4.00. The molecule has 1 aliphatic heterocycles. The summed E-state index contributed by atoms with van der Waals surface area (Å²) in [5.41, 5.74) is 1.27. The van der Waals surface area contributed by atoms with Gasteiger partial charge in [0.1, 0.15) is 11.5 Å². The van der Waals surface area contributed by atoms with Gasteiger partial charge in [-0.3, -0.25) is 9.10 Å². The van der Waals surface area contributed by atoms with E-state index in [4.69, 9.17) is 9.47 Å². The number of carbonyl (C=O) groups excluding carboxylic acids is 1. The number of amides is 1. The maximum Gasteiger partial charge on any atom is 0.263 e. The molecule has 27 heavy (non-hydrogen) atoms. The lowest BCUT2D eigenvalue weighted by atomic mass is 10.2. The summed E-state index contributed by atoms with van der Waals surface area (Å²) in [4.78, 5) is 12.6. The van der Waals surface area contributed by atoms with Crippen LogP contribution in [0.5, 0.6) is 11.5 Å². The lowest BCUT2D eigenvalue weighted by molar-refractivity contribution is -0.127. The zero-order valence-electron chi connectivity index (χ0n) is 15.2. The highest BCUT2D eigenvalue weighted by molar-refractivity contribution is 7.92. The molecule has 1 N–H and O–H groups in total. The fourth-order valence-corrected chi connectivity index (χ4v) is 4.03. The monoisotopic (exact) mass is 390 g/mol. The van der Waals surface area contributed by atoms with Gasteiger partial charge in [0, 0.05) is 12.1 Å². The fraction of sp³-hybridized carbons (Fsp3) is 0.316. The minimum atomic E-state index is -3.53. The van der Waals surface area contributed by atoms with Crippen molar-refractivity contribution in [2.24, 2.45) is 0 Å². The molecular formula is C19H22N2O5S. The van der Waals surface area contributed by atoms with E-state index in [9.17, 15) is 13.2 Å². The van der Waals surface area contributed by atoms with E-state index in [-0.39, 0.29) is 24.7 Å². The topological polar surface area (TPSA) is 84.9 Å². The van der Waals surface area contributed by atoms with Crippen molar-refractivity contribution in [1.82, 2.24) is 5.32 Å². The summed E-state index contributed by atoms with van der Waals surface area (Å²) in [6.07, 6.45) is -0.934. The predicted molar refractivity (Wildman–Crippen MR) is 103 cm³/mol. The Kier molecular flexibility index (Phi) is 5.55. The van der Waals surface area contributed by atoms with E-state index in [2.05, 4.69) is 5.32 Å². The molecule has 0 unspecified atom stereocenters. The van der Waals surface area contributed by atoms with Crippen molar-refractivity contribution in [3.05, 3.63) is 54.1 Å². The molecule has 0 bridgehead atoms. The van der Waals surface area contributed by atoms with Crippen LogP contribution in [0.1, 0.15) is 12.5 Å². The van der Waals surface area contributed by atoms with Gasteiger partial charge in [-0.05, 0) is 25.1 Å². The lowest BCUT2D eigenvalue weighted by Gasteiger charge is -2.34. The van der Waals surface area contributed by atoms with E-state index in [1.54, 1.807) is 38.3 Å². The molecule has 3 rings (SSSR count). The van der Waals surface area contributed by atoms with Gasteiger partial charge in [0.2, 0.25) is 10.0 Å². The first kappa shape index (κ1) is 19.0. The molecule has 7 nitrogen and oxygen atoms in total. The van der Waals surface area contributed by atoms with E-state index in [1.807, 2.05) is 24.3 Å². The SMILES string of the molecule is CCS(=O)(=O)N1C[C@@H](C(=O)NCc2ccccc2OC)Oc2ccccc21. The van der Waals surface area contributed by atoms with Gasteiger partial charge in [0.25, 0.3) is 5.91 Å². The molecule has 0 aliphatic carbocycles. The zero-order valence-corrected chi connectivity index (χ0v) is 16.0. The minimum Gasteiger partial charge on any atom is -0.496 e. The summed E-state index contributed by atoms with van der Waals surface area (Å²) in [6, 6.07) is 14.2. The number of hydrogen-bond donors (Lipinski definition) is 1. The standard InChI is InChI=1S/C19H22N2O5S/c1-3-27(23,24)21-13-18(26-17-11-7-5-9-15(17)21)19(22)20-12-14-8-4-6-10-16(14)25-2/h4-11,18H,3,12-13H2,1-2H3,(H,20,22)/t18-/m0/s1. The van der Waals surface area contributed by atoms with Crippen molar-refractivity contribution < 1.29 is 22.7 Å². The second-order valence-corrected chi connectivity index (χ2v) is 8.22. The van der Waals surface area contributed by atoms with E-state index in [1.165, 1.54) is 4.31 Å². The second kappa shape index (κ2) is 7.87. The number of para-hydroxylation sites is 3. The Labute approximate surface area is 158 Å². The summed E-state index contributed by atoms with van der Waals surface area (Å²) in [7, 11) is -1.96. The number of ether oxygens (including phenoxy) is 2. The van der Waals surface area contributed by atoms with Crippen molar-refractivity contribution in [1.29, 1.82) is 0 Å². The third-order valence-corrected chi connectivity index (χ3v) is 6.12. The maximum atomic E-state index is 12.6. The van der Waals surface area contributed by atoms with Gasteiger partial charge >= 0.3 is 0 Å². The van der Waals surface area contributed by atoms with Gasteiger partial charge in [0.15, 0.2) is 6.10 Å². The highest BCUT2D eigenvalue weighted by Gasteiger charge is 2.35. The number of nitrogens with zero attached hydrogens (tertiary/aromatic N) is 1. The molecule has 0 aromatic heterocycles. The van der Waals surface area contributed by atoms with Gasteiger partial charge in [-0.1, -0.05) is 30.3 Å². The van der Waals surface area contributed by atoms with Crippen molar-refractivity contribution in [3.63, 3.8) is 0 Å². The van der Waals surface area contributed by atoms with Gasteiger partial charge in [-0.2, -0.15) is 0 Å². The van der Waals surface area contributed by atoms with Crippen LogP contribution in [-0.4, -0.2) is 39.8 Å². The molecular weight excluding hydrogens is 368 g/mol. The number of carbonyl (C=O) groups is 1. The largest absolute Gasteiger partial charge is 0.496 e. The Balaban J connectivity index is 1.78. The van der Waals surface area contributed by atoms with Crippen LogP contribution >= 0.6 is 0 Å². The number of benzene rings is 2. The van der Waals surface area contributed by atoms with Crippen molar-refractivity contribution >= 4 is 21.6 Å². The van der Waals surface area contributed by atoms with E-state index < -0.39 is 16.1 Å². The number of hydrogen-bond acceptors (Lipinski definition) is 5. The Morgan fingerprint density at radius 1 is 1.22 bits per heavy atom. The number of nitrogens with one attached hydrogen (secondary N) is 1. The Bertz CT molecular complexity index is 929. The average molecular weight is 390 g/mol. The van der Waals surface area contributed by atoms with E-state index >= 15 is 0 Å². The van der Waals surface area contributed by atoms with Gasteiger partial charge in [0.05, 0.1) is 25.1 Å². The highest BCUT2D eigenvalue weighted by Crippen LogP contribution is 2.35. The van der Waals surface area contributed by atoms with Crippen LogP contribution in [0.25, 0.3) is 0 Å². The molecule has 1 aliphatic rings.